The molecule has 10 heavy (non-hydrogen) atoms. The molecule has 0 aromatic heterocycles. The summed E-state index contributed by atoms with van der Waals surface area (Å²) in [5.74, 6) is 1.14. The molecule has 3 N–H and O–H groups in total. The van der Waals surface area contributed by atoms with Crippen molar-refractivity contribution >= 4 is 0 Å². The number of hydrogen-bond donors (Lipinski definition) is 2. The van der Waals surface area contributed by atoms with Crippen LogP contribution < -0.4 is 5.73 Å². The topological polar surface area (TPSA) is 49.5 Å². The van der Waals surface area contributed by atoms with E-state index in [1.807, 2.05) is 0 Å². The van der Waals surface area contributed by atoms with E-state index >= 15 is 0 Å². The minimum absolute atomic E-state index is 0.163. The quantitative estimate of drug-likeness (QED) is 0.487. The third-order valence-electron chi connectivity index (χ3n) is 3.05. The zero-order valence-corrected chi connectivity index (χ0v) is 6.25. The first-order valence-corrected chi connectivity index (χ1v) is 3.77. The Labute approximate surface area is 60.8 Å². The average Bonchev–Trinajstić information content (AvgIpc) is 2.28. The van der Waals surface area contributed by atoms with Crippen molar-refractivity contribution in [3.8, 4) is 0 Å². The summed E-state index contributed by atoms with van der Waals surface area (Å²) in [6, 6.07) is 0. The van der Waals surface area contributed by atoms with Crippen LogP contribution in [-0.4, -0.2) is 42.3 Å². The van der Waals surface area contributed by atoms with E-state index in [1.54, 1.807) is 0 Å². The van der Waals surface area contributed by atoms with Crippen LogP contribution in [0.25, 0.3) is 0 Å². The van der Waals surface area contributed by atoms with Gasteiger partial charge < -0.3 is 15.7 Å². The van der Waals surface area contributed by atoms with Gasteiger partial charge in [0.2, 0.25) is 0 Å². The van der Waals surface area contributed by atoms with E-state index in [-0.39, 0.29) is 12.1 Å². The van der Waals surface area contributed by atoms with Crippen molar-refractivity contribution in [3.05, 3.63) is 0 Å². The summed E-state index contributed by atoms with van der Waals surface area (Å²) in [5, 5.41) is 8.91. The van der Waals surface area contributed by atoms with Gasteiger partial charge in [0.25, 0.3) is 0 Å². The molecule has 0 amide bonds. The summed E-state index contributed by atoms with van der Waals surface area (Å²) in [4.78, 5) is 2.27. The molecule has 3 atom stereocenters. The highest BCUT2D eigenvalue weighted by molar-refractivity contribution is 5.20. The largest absolute Gasteiger partial charge is 0.394 e. The number of nitrogens with zero attached hydrogens (tertiary/aromatic N) is 1. The van der Waals surface area contributed by atoms with Crippen LogP contribution in [0.15, 0.2) is 0 Å². The lowest BCUT2D eigenvalue weighted by Gasteiger charge is -2.17. The van der Waals surface area contributed by atoms with E-state index in [4.69, 9.17) is 10.8 Å². The third kappa shape index (κ3) is 0.603. The van der Waals surface area contributed by atoms with Crippen molar-refractivity contribution in [1.82, 2.24) is 4.90 Å². The molecule has 1 heterocycles. The molecule has 2 fully saturated rings. The second-order valence-corrected chi connectivity index (χ2v) is 3.70. The van der Waals surface area contributed by atoms with Gasteiger partial charge in [-0.1, -0.05) is 0 Å². The van der Waals surface area contributed by atoms with E-state index < -0.39 is 0 Å². The van der Waals surface area contributed by atoms with Crippen molar-refractivity contribution in [3.63, 3.8) is 0 Å². The van der Waals surface area contributed by atoms with Gasteiger partial charge >= 0.3 is 0 Å². The van der Waals surface area contributed by atoms with Crippen molar-refractivity contribution in [1.29, 1.82) is 0 Å². The molecule has 0 aromatic rings. The molecule has 0 aromatic carbocycles. The van der Waals surface area contributed by atoms with Gasteiger partial charge in [0.1, 0.15) is 0 Å². The van der Waals surface area contributed by atoms with Gasteiger partial charge in [-0.05, 0) is 18.9 Å². The Kier molecular flexibility index (Phi) is 1.14. The summed E-state index contributed by atoms with van der Waals surface area (Å²) >= 11 is 0. The van der Waals surface area contributed by atoms with Crippen molar-refractivity contribution < 1.29 is 5.11 Å². The van der Waals surface area contributed by atoms with Gasteiger partial charge in [0, 0.05) is 18.6 Å². The first-order chi connectivity index (χ1) is 4.68. The highest BCUT2D eigenvalue weighted by Crippen LogP contribution is 2.52. The molecular formula is C7H14N2O. The lowest BCUT2D eigenvalue weighted by atomic mass is 10.2. The molecule has 0 bridgehead atoms. The predicted octanol–water partition coefficient (Wildman–Crippen LogP) is -1.13. The minimum atomic E-state index is -0.202. The number of fused-ring (bicyclic) bond motifs is 1. The summed E-state index contributed by atoms with van der Waals surface area (Å²) in [6.07, 6.45) is 0. The van der Waals surface area contributed by atoms with Crippen molar-refractivity contribution in [2.45, 2.75) is 5.54 Å². The maximum Gasteiger partial charge on any atom is 0.0617 e. The second-order valence-electron chi connectivity index (χ2n) is 3.70. The normalized spacial score (nSPS) is 53.1. The molecule has 0 spiro atoms. The summed E-state index contributed by atoms with van der Waals surface area (Å²) in [7, 11) is 2.10. The van der Waals surface area contributed by atoms with Gasteiger partial charge in [-0.15, -0.1) is 0 Å². The fourth-order valence-electron chi connectivity index (χ4n) is 2.20. The lowest BCUT2D eigenvalue weighted by molar-refractivity contribution is 0.211. The molecule has 58 valence electrons. The van der Waals surface area contributed by atoms with Crippen molar-refractivity contribution in [2.24, 2.45) is 17.6 Å². The summed E-state index contributed by atoms with van der Waals surface area (Å²) in [5.41, 5.74) is 5.68. The van der Waals surface area contributed by atoms with Gasteiger partial charge in [0.15, 0.2) is 0 Å². The van der Waals surface area contributed by atoms with Crippen LogP contribution in [0.1, 0.15) is 0 Å². The van der Waals surface area contributed by atoms with Crippen molar-refractivity contribution in [2.75, 3.05) is 26.7 Å². The first kappa shape index (κ1) is 6.58. The summed E-state index contributed by atoms with van der Waals surface area (Å²) in [6.45, 7) is 2.31. The Hall–Kier alpha value is -0.120. The zero-order valence-electron chi connectivity index (χ0n) is 6.25. The SMILES string of the molecule is CN1C[C@@H]2[C@H](C1)[C@@]2(N)CO. The van der Waals surface area contributed by atoms with Crippen LogP contribution in [0.3, 0.4) is 0 Å². The molecule has 3 nitrogen and oxygen atoms in total. The average molecular weight is 142 g/mol. The molecule has 1 saturated heterocycles. The molecular weight excluding hydrogens is 128 g/mol. The number of piperidine rings is 1. The van der Waals surface area contributed by atoms with Crippen LogP contribution >= 0.6 is 0 Å². The van der Waals surface area contributed by atoms with Crippen LogP contribution in [0, 0.1) is 11.8 Å². The number of aliphatic hydroxyl groups is 1. The highest BCUT2D eigenvalue weighted by atomic mass is 16.3. The number of likely N-dealkylation sites (tertiary alicyclic amines) is 1. The Bertz CT molecular complexity index is 148. The highest BCUT2D eigenvalue weighted by Gasteiger charge is 2.64. The molecule has 1 saturated carbocycles. The minimum Gasteiger partial charge on any atom is -0.394 e. The Balaban J connectivity index is 2.02. The molecule has 1 aliphatic heterocycles. The molecule has 1 aliphatic carbocycles. The van der Waals surface area contributed by atoms with Crippen LogP contribution in [0.5, 0.6) is 0 Å². The molecule has 3 heteroatoms. The zero-order chi connectivity index (χ0) is 7.35. The molecule has 0 unspecified atom stereocenters. The molecule has 0 radical (unpaired) electrons. The molecule has 2 rings (SSSR count). The third-order valence-corrected chi connectivity index (χ3v) is 3.05. The van der Waals surface area contributed by atoms with E-state index in [2.05, 4.69) is 11.9 Å². The molecule has 2 aliphatic rings. The maximum absolute atomic E-state index is 8.91. The lowest BCUT2D eigenvalue weighted by Crippen LogP contribution is -2.38. The number of rotatable bonds is 1. The first-order valence-electron chi connectivity index (χ1n) is 3.77. The van der Waals surface area contributed by atoms with E-state index in [1.165, 1.54) is 0 Å². The predicted molar refractivity (Wildman–Crippen MR) is 38.5 cm³/mol. The summed E-state index contributed by atoms with van der Waals surface area (Å²) < 4.78 is 0. The van der Waals surface area contributed by atoms with Gasteiger partial charge in [-0.3, -0.25) is 0 Å². The van der Waals surface area contributed by atoms with Gasteiger partial charge in [0.05, 0.1) is 6.61 Å². The standard InChI is InChI=1S/C7H14N2O/c1-9-2-5-6(3-9)7(5,8)4-10/h5-6,10H,2-4,8H2,1H3/t5-,6+,7-. The monoisotopic (exact) mass is 142 g/mol. The number of aliphatic hydroxyl groups excluding tert-OH is 1. The smallest absolute Gasteiger partial charge is 0.0617 e. The van der Waals surface area contributed by atoms with Gasteiger partial charge in [-0.25, -0.2) is 0 Å². The second kappa shape index (κ2) is 1.72. The Morgan fingerprint density at radius 3 is 2.50 bits per heavy atom. The maximum atomic E-state index is 8.91. The Morgan fingerprint density at radius 1 is 1.60 bits per heavy atom. The Morgan fingerprint density at radius 2 is 2.10 bits per heavy atom. The van der Waals surface area contributed by atoms with Crippen LogP contribution in [0.4, 0.5) is 0 Å². The van der Waals surface area contributed by atoms with E-state index in [9.17, 15) is 0 Å². The van der Waals surface area contributed by atoms with E-state index in [0.29, 0.717) is 11.8 Å². The van der Waals surface area contributed by atoms with Crippen LogP contribution in [0.2, 0.25) is 0 Å². The van der Waals surface area contributed by atoms with Gasteiger partial charge in [-0.2, -0.15) is 0 Å². The number of nitrogens with two attached hydrogens (primary N) is 1. The fourth-order valence-corrected chi connectivity index (χ4v) is 2.20. The fraction of sp³-hybridized carbons (Fsp3) is 1.00. The van der Waals surface area contributed by atoms with Crippen LogP contribution in [-0.2, 0) is 0 Å². The van der Waals surface area contributed by atoms with E-state index in [0.717, 1.165) is 13.1 Å². The number of hydrogen-bond acceptors (Lipinski definition) is 3.